The molecule has 9 heavy (non-hydrogen) atoms. The zero-order valence-electron chi connectivity index (χ0n) is 5.59. The number of rotatable bonds is 1. The van der Waals surface area contributed by atoms with Gasteiger partial charge >= 0.3 is 0 Å². The van der Waals surface area contributed by atoms with Crippen LogP contribution in [0.1, 0.15) is 12.8 Å². The summed E-state index contributed by atoms with van der Waals surface area (Å²) in [4.78, 5) is 0. The van der Waals surface area contributed by atoms with Gasteiger partial charge in [-0.25, -0.2) is 0 Å². The first-order valence-corrected chi connectivity index (χ1v) is 3.71. The van der Waals surface area contributed by atoms with Crippen LogP contribution in [0.4, 0.5) is 0 Å². The monoisotopic (exact) mass is 120 g/mol. The van der Waals surface area contributed by atoms with E-state index in [4.69, 9.17) is 0 Å². The van der Waals surface area contributed by atoms with Crippen LogP contribution in [0, 0.1) is 17.8 Å². The maximum absolute atomic E-state index is 3.83. The highest BCUT2D eigenvalue weighted by Gasteiger charge is 2.33. The van der Waals surface area contributed by atoms with Gasteiger partial charge in [-0.3, -0.25) is 0 Å². The molecule has 0 spiro atoms. The topological polar surface area (TPSA) is 0 Å². The second kappa shape index (κ2) is 1.73. The summed E-state index contributed by atoms with van der Waals surface area (Å²) in [6, 6.07) is 0. The van der Waals surface area contributed by atoms with E-state index >= 15 is 0 Å². The van der Waals surface area contributed by atoms with E-state index in [1.54, 1.807) is 0 Å². The van der Waals surface area contributed by atoms with E-state index in [0.717, 1.165) is 17.8 Å². The van der Waals surface area contributed by atoms with Gasteiger partial charge in [0.2, 0.25) is 0 Å². The Balaban J connectivity index is 2.19. The van der Waals surface area contributed by atoms with Crippen molar-refractivity contribution >= 4 is 0 Å². The largest absolute Gasteiger partial charge is 0.103 e. The van der Waals surface area contributed by atoms with Crippen molar-refractivity contribution in [3.05, 3.63) is 24.8 Å². The molecule has 2 aliphatic rings. The van der Waals surface area contributed by atoms with Crippen molar-refractivity contribution < 1.29 is 0 Å². The molecule has 0 aromatic rings. The molecular weight excluding hydrogens is 108 g/mol. The number of hydrogen-bond acceptors (Lipinski definition) is 0. The zero-order valence-corrected chi connectivity index (χ0v) is 5.59. The maximum atomic E-state index is 3.83. The van der Waals surface area contributed by atoms with Crippen molar-refractivity contribution in [2.75, 3.05) is 0 Å². The predicted octanol–water partition coefficient (Wildman–Crippen LogP) is 2.38. The summed E-state index contributed by atoms with van der Waals surface area (Å²) in [5, 5.41) is 0. The smallest absolute Gasteiger partial charge is 0.0165 e. The van der Waals surface area contributed by atoms with Crippen LogP contribution in [-0.2, 0) is 0 Å². The summed E-state index contributed by atoms with van der Waals surface area (Å²) in [7, 11) is 0. The third kappa shape index (κ3) is 0.658. The summed E-state index contributed by atoms with van der Waals surface area (Å²) < 4.78 is 0. The molecule has 0 N–H and O–H groups in total. The second-order valence-corrected chi connectivity index (χ2v) is 3.18. The van der Waals surface area contributed by atoms with Gasteiger partial charge in [-0.05, 0) is 30.6 Å². The Kier molecular flexibility index (Phi) is 1.01. The summed E-state index contributed by atoms with van der Waals surface area (Å²) in [6.07, 6.45) is 9.61. The van der Waals surface area contributed by atoms with Crippen molar-refractivity contribution in [1.82, 2.24) is 0 Å². The minimum atomic E-state index is 0.806. The lowest BCUT2D eigenvalue weighted by Gasteiger charge is -2.11. The van der Waals surface area contributed by atoms with Crippen LogP contribution in [0.3, 0.4) is 0 Å². The summed E-state index contributed by atoms with van der Waals surface area (Å²) in [5.41, 5.74) is 0. The molecular formula is C9H12. The number of allylic oxidation sites excluding steroid dienone is 3. The molecule has 48 valence electrons. The van der Waals surface area contributed by atoms with Crippen molar-refractivity contribution in [1.29, 1.82) is 0 Å². The second-order valence-electron chi connectivity index (χ2n) is 3.18. The van der Waals surface area contributed by atoms with E-state index in [2.05, 4.69) is 24.8 Å². The summed E-state index contributed by atoms with van der Waals surface area (Å²) >= 11 is 0. The first-order valence-electron chi connectivity index (χ1n) is 3.71. The van der Waals surface area contributed by atoms with Crippen LogP contribution in [0.2, 0.25) is 0 Å². The fraction of sp³-hybridized carbons (Fsp3) is 0.556. The first kappa shape index (κ1) is 5.28. The Labute approximate surface area is 56.3 Å². The Hall–Kier alpha value is -0.520. The highest BCUT2D eigenvalue weighted by Crippen LogP contribution is 2.43. The van der Waals surface area contributed by atoms with Crippen LogP contribution >= 0.6 is 0 Å². The third-order valence-corrected chi connectivity index (χ3v) is 2.63. The fourth-order valence-corrected chi connectivity index (χ4v) is 2.09. The van der Waals surface area contributed by atoms with Gasteiger partial charge in [0.05, 0.1) is 0 Å². The van der Waals surface area contributed by atoms with E-state index in [1.807, 2.05) is 0 Å². The zero-order chi connectivity index (χ0) is 6.27. The lowest BCUT2D eigenvalue weighted by molar-refractivity contribution is 0.551. The van der Waals surface area contributed by atoms with Gasteiger partial charge < -0.3 is 0 Å². The minimum Gasteiger partial charge on any atom is -0.103 e. The highest BCUT2D eigenvalue weighted by molar-refractivity contribution is 5.13. The summed E-state index contributed by atoms with van der Waals surface area (Å²) in [6.45, 7) is 3.83. The molecule has 0 heteroatoms. The molecule has 1 saturated carbocycles. The van der Waals surface area contributed by atoms with Crippen LogP contribution in [0.25, 0.3) is 0 Å². The molecule has 0 aliphatic heterocycles. The highest BCUT2D eigenvalue weighted by atomic mass is 14.4. The molecule has 0 aromatic carbocycles. The minimum absolute atomic E-state index is 0.806. The predicted molar refractivity (Wildman–Crippen MR) is 39.0 cm³/mol. The molecule has 0 saturated heterocycles. The third-order valence-electron chi connectivity index (χ3n) is 2.63. The first-order chi connectivity index (χ1) is 4.40. The maximum Gasteiger partial charge on any atom is -0.0165 e. The fourth-order valence-electron chi connectivity index (χ4n) is 2.09. The number of hydrogen-bond donors (Lipinski definition) is 0. The van der Waals surface area contributed by atoms with Crippen molar-refractivity contribution in [2.45, 2.75) is 12.8 Å². The standard InChI is InChI=1S/C9H12/c1-2-8-5-7-3-4-9(8)6-7/h2-4,7-9H,1,5-6H2/t7-,8+,9-/m0/s1. The van der Waals surface area contributed by atoms with Crippen LogP contribution in [0.5, 0.6) is 0 Å². The Morgan fingerprint density at radius 2 is 2.22 bits per heavy atom. The van der Waals surface area contributed by atoms with Gasteiger partial charge in [-0.1, -0.05) is 18.2 Å². The lowest BCUT2D eigenvalue weighted by atomic mass is 9.94. The number of fused-ring (bicyclic) bond motifs is 2. The normalized spacial score (nSPS) is 46.0. The van der Waals surface area contributed by atoms with Crippen molar-refractivity contribution in [3.8, 4) is 0 Å². The molecule has 0 heterocycles. The molecule has 2 rings (SSSR count). The molecule has 0 aromatic heterocycles. The SMILES string of the molecule is C=C[C@@H]1C[C@@H]2C=C[C@H]1C2. The van der Waals surface area contributed by atoms with Crippen LogP contribution in [0.15, 0.2) is 24.8 Å². The van der Waals surface area contributed by atoms with Crippen LogP contribution in [-0.4, -0.2) is 0 Å². The van der Waals surface area contributed by atoms with Crippen molar-refractivity contribution in [3.63, 3.8) is 0 Å². The van der Waals surface area contributed by atoms with Gasteiger partial charge in [0.1, 0.15) is 0 Å². The Morgan fingerprint density at radius 1 is 1.33 bits per heavy atom. The molecule has 0 amide bonds. The van der Waals surface area contributed by atoms with E-state index in [1.165, 1.54) is 12.8 Å². The molecule has 2 aliphatic carbocycles. The Bertz CT molecular complexity index is 155. The average molecular weight is 120 g/mol. The van der Waals surface area contributed by atoms with Gasteiger partial charge in [0, 0.05) is 0 Å². The van der Waals surface area contributed by atoms with Crippen LogP contribution < -0.4 is 0 Å². The molecule has 0 radical (unpaired) electrons. The Morgan fingerprint density at radius 3 is 2.56 bits per heavy atom. The van der Waals surface area contributed by atoms with Gasteiger partial charge in [0.15, 0.2) is 0 Å². The van der Waals surface area contributed by atoms with Crippen molar-refractivity contribution in [2.24, 2.45) is 17.8 Å². The average Bonchev–Trinajstić information content (AvgIpc) is 2.45. The van der Waals surface area contributed by atoms with E-state index < -0.39 is 0 Å². The van der Waals surface area contributed by atoms with Gasteiger partial charge in [-0.2, -0.15) is 0 Å². The molecule has 0 unspecified atom stereocenters. The molecule has 2 bridgehead atoms. The van der Waals surface area contributed by atoms with Gasteiger partial charge in [0.25, 0.3) is 0 Å². The quantitative estimate of drug-likeness (QED) is 0.466. The molecule has 0 nitrogen and oxygen atoms in total. The van der Waals surface area contributed by atoms with Gasteiger partial charge in [-0.15, -0.1) is 6.58 Å². The van der Waals surface area contributed by atoms with E-state index in [-0.39, 0.29) is 0 Å². The molecule has 1 fully saturated rings. The lowest BCUT2D eigenvalue weighted by Crippen LogP contribution is -2.01. The summed E-state index contributed by atoms with van der Waals surface area (Å²) in [5.74, 6) is 2.56. The molecule has 3 atom stereocenters. The van der Waals surface area contributed by atoms with E-state index in [9.17, 15) is 0 Å². The van der Waals surface area contributed by atoms with E-state index in [0.29, 0.717) is 0 Å².